The summed E-state index contributed by atoms with van der Waals surface area (Å²) in [5.74, 6) is -1.18. The molecule has 0 saturated carbocycles. The predicted octanol–water partition coefficient (Wildman–Crippen LogP) is 2.50. The molecule has 106 heavy (non-hydrogen) atoms. The molecule has 0 bridgehead atoms. The van der Waals surface area contributed by atoms with E-state index in [1.54, 1.807) is 6.08 Å². The molecule has 5 aliphatic rings. The third-order valence-electron chi connectivity index (χ3n) is 20.9. The van der Waals surface area contributed by atoms with E-state index in [0.717, 1.165) is 58.3 Å². The fraction of sp³-hybridized carbons (Fsp3) is 0.921. The molecule has 5 fully saturated rings. The number of ether oxygens (including phenoxy) is 10. The third-order valence-corrected chi connectivity index (χ3v) is 20.9. The van der Waals surface area contributed by atoms with Gasteiger partial charge in [0.1, 0.15) is 122 Å². The summed E-state index contributed by atoms with van der Waals surface area (Å²) in [6, 6.07) is -2.84. The highest BCUT2D eigenvalue weighted by Gasteiger charge is 2.57. The number of carbonyl (C=O) groups excluding carboxylic acids is 2. The molecule has 2 amide bonds. The van der Waals surface area contributed by atoms with E-state index in [1.807, 2.05) is 6.08 Å². The van der Waals surface area contributed by atoms with Gasteiger partial charge >= 0.3 is 0 Å². The summed E-state index contributed by atoms with van der Waals surface area (Å²) >= 11 is 0. The first-order valence-electron chi connectivity index (χ1n) is 40.1. The van der Waals surface area contributed by atoms with Crippen LogP contribution < -0.4 is 10.6 Å². The summed E-state index contributed by atoms with van der Waals surface area (Å²) < 4.78 is 58.6. The highest BCUT2D eigenvalue weighted by molar-refractivity contribution is 5.76. The van der Waals surface area contributed by atoms with E-state index in [-0.39, 0.29) is 12.3 Å². The molecule has 0 radical (unpaired) electrons. The SMILES string of the molecule is CCCCCCCC/C=C\CCCCCCCCCCCCCCCC(=O)N[C@@H](CO[C@@H]1OC(CO)[C@@H](O[C@@H]2OC(CO)[C@H](O)[C@H](O[C@@H]3OC(CO)[C@@H](O)[C@H](O[C@@H]4OC(CO)[C@H](O)[C@H](O[C@@H]5OC(CO)[C@H](O)[C@H](O)C5O)C4O)C3NC(C)=O)C2O)[C@H](O)C1O)[C@H](O)/C=C/CCCCCCCCCCCCC. The van der Waals surface area contributed by atoms with Crippen molar-refractivity contribution in [1.82, 2.24) is 10.6 Å². The smallest absolute Gasteiger partial charge is 0.220 e. The molecule has 5 aliphatic heterocycles. The van der Waals surface area contributed by atoms with Crippen LogP contribution in [0.25, 0.3) is 0 Å². The minimum absolute atomic E-state index is 0.186. The lowest BCUT2D eigenvalue weighted by atomic mass is 9.94. The second-order valence-corrected chi connectivity index (χ2v) is 29.6. The molecule has 5 saturated heterocycles. The maximum atomic E-state index is 13.6. The van der Waals surface area contributed by atoms with Crippen LogP contribution in [-0.2, 0) is 57.0 Å². The zero-order valence-corrected chi connectivity index (χ0v) is 63.2. The lowest BCUT2D eigenvalue weighted by molar-refractivity contribution is -0.386. The van der Waals surface area contributed by atoms with Crippen molar-refractivity contribution in [3.8, 4) is 0 Å². The van der Waals surface area contributed by atoms with Crippen molar-refractivity contribution >= 4 is 11.8 Å². The summed E-state index contributed by atoms with van der Waals surface area (Å²) in [7, 11) is 0. The van der Waals surface area contributed by atoms with Crippen LogP contribution in [-0.4, -0.2) is 299 Å². The molecule has 5 heterocycles. The molecule has 10 unspecified atom stereocenters. The van der Waals surface area contributed by atoms with Crippen molar-refractivity contribution in [3.63, 3.8) is 0 Å². The van der Waals surface area contributed by atoms with Crippen LogP contribution in [0.3, 0.4) is 0 Å². The van der Waals surface area contributed by atoms with Gasteiger partial charge in [-0.2, -0.15) is 0 Å². The Bertz CT molecular complexity index is 2340. The molecule has 0 aromatic carbocycles. The molecule has 27 atom stereocenters. The van der Waals surface area contributed by atoms with Gasteiger partial charge in [-0.3, -0.25) is 9.59 Å². The van der Waals surface area contributed by atoms with E-state index >= 15 is 0 Å². The number of aliphatic hydroxyl groups is 16. The van der Waals surface area contributed by atoms with Gasteiger partial charge in [0.2, 0.25) is 11.8 Å². The van der Waals surface area contributed by atoms with Crippen LogP contribution in [0.5, 0.6) is 0 Å². The van der Waals surface area contributed by atoms with Gasteiger partial charge in [-0.25, -0.2) is 0 Å². The van der Waals surface area contributed by atoms with E-state index in [0.29, 0.717) is 12.8 Å². The molecule has 18 N–H and O–H groups in total. The first-order chi connectivity index (χ1) is 51.2. The molecule has 5 rings (SSSR count). The highest BCUT2D eigenvalue weighted by atomic mass is 16.8. The molecular formula is C76H138N2O28. The van der Waals surface area contributed by atoms with E-state index in [9.17, 15) is 91.3 Å². The van der Waals surface area contributed by atoms with Crippen molar-refractivity contribution in [2.75, 3.05) is 39.6 Å². The topological polar surface area (TPSA) is 474 Å². The largest absolute Gasteiger partial charge is 0.394 e. The average Bonchev–Trinajstić information content (AvgIpc) is 0.770. The Labute approximate surface area is 627 Å². The molecular weight excluding hydrogens is 1390 g/mol. The zero-order chi connectivity index (χ0) is 77.3. The Morgan fingerprint density at radius 1 is 0.368 bits per heavy atom. The van der Waals surface area contributed by atoms with Crippen LogP contribution in [0.2, 0.25) is 0 Å². The summed E-state index contributed by atoms with van der Waals surface area (Å²) in [5, 5.41) is 182. The van der Waals surface area contributed by atoms with Gasteiger partial charge in [0.25, 0.3) is 0 Å². The fourth-order valence-corrected chi connectivity index (χ4v) is 14.3. The van der Waals surface area contributed by atoms with Gasteiger partial charge in [-0.05, 0) is 44.9 Å². The first-order valence-corrected chi connectivity index (χ1v) is 40.1. The Balaban J connectivity index is 1.17. The van der Waals surface area contributed by atoms with Gasteiger partial charge in [-0.1, -0.05) is 205 Å². The van der Waals surface area contributed by atoms with Crippen LogP contribution in [0.15, 0.2) is 24.3 Å². The minimum atomic E-state index is -2.18. The predicted molar refractivity (Wildman–Crippen MR) is 386 cm³/mol. The Morgan fingerprint density at radius 2 is 0.708 bits per heavy atom. The molecule has 0 aromatic rings. The lowest BCUT2D eigenvalue weighted by Crippen LogP contribution is -2.70. The number of allylic oxidation sites excluding steroid dienone is 3. The Kier molecular flexibility index (Phi) is 47.3. The van der Waals surface area contributed by atoms with E-state index in [4.69, 9.17) is 47.4 Å². The van der Waals surface area contributed by atoms with Crippen molar-refractivity contribution in [2.24, 2.45) is 0 Å². The Morgan fingerprint density at radius 3 is 1.14 bits per heavy atom. The quantitative estimate of drug-likeness (QED) is 0.0307. The molecule has 0 spiro atoms. The van der Waals surface area contributed by atoms with Gasteiger partial charge in [-0.15, -0.1) is 0 Å². The van der Waals surface area contributed by atoms with Crippen LogP contribution in [0.1, 0.15) is 239 Å². The molecule has 0 aliphatic carbocycles. The maximum Gasteiger partial charge on any atom is 0.220 e. The fourth-order valence-electron chi connectivity index (χ4n) is 14.3. The number of hydrogen-bond donors (Lipinski definition) is 18. The molecule has 30 heteroatoms. The molecule has 620 valence electrons. The zero-order valence-electron chi connectivity index (χ0n) is 63.2. The number of aliphatic hydroxyl groups excluding tert-OH is 16. The van der Waals surface area contributed by atoms with Gasteiger partial charge in [0, 0.05) is 13.3 Å². The first kappa shape index (κ1) is 94.0. The number of rotatable bonds is 55. The maximum absolute atomic E-state index is 13.6. The van der Waals surface area contributed by atoms with E-state index in [2.05, 4.69) is 36.6 Å². The third kappa shape index (κ3) is 31.4. The summed E-state index contributed by atoms with van der Waals surface area (Å²) in [5.41, 5.74) is 0. The van der Waals surface area contributed by atoms with Gasteiger partial charge < -0.3 is 140 Å². The van der Waals surface area contributed by atoms with Crippen molar-refractivity contribution < 1.29 is 139 Å². The molecule has 0 aromatic heterocycles. The van der Waals surface area contributed by atoms with Crippen molar-refractivity contribution in [1.29, 1.82) is 0 Å². The minimum Gasteiger partial charge on any atom is -0.394 e. The second kappa shape index (κ2) is 53.4. The van der Waals surface area contributed by atoms with E-state index in [1.165, 1.54) is 148 Å². The number of hydrogen-bond acceptors (Lipinski definition) is 28. The number of nitrogens with one attached hydrogen (secondary N) is 2. The van der Waals surface area contributed by atoms with Crippen LogP contribution in [0.4, 0.5) is 0 Å². The second-order valence-electron chi connectivity index (χ2n) is 29.6. The van der Waals surface area contributed by atoms with Crippen molar-refractivity contribution in [2.45, 2.75) is 405 Å². The summed E-state index contributed by atoms with van der Waals surface area (Å²) in [6.07, 6.45) is 0.389. The standard InChI is InChI=1S/C76H138N2O28/c1-4-6-8-10-12-14-16-18-19-20-21-22-23-24-25-26-27-29-31-33-35-37-39-41-56(86)78-49(50(85)40-38-36-34-32-30-28-17-15-13-11-9-7-5-2)47-97-73-65(94)63(92)68(55(46-83)102-73)103-75-66(95)70(60(89)53(44-81)100-75)105-72-57(77-48(3)84)69(59(88)52(43-80)98-72)104-76-67(96)71(61(90)54(45-82)101-76)106-74-64(93)62(91)58(87)51(42-79)99-74/h18-19,38,40,49-55,57-76,79-83,85,87-96H,4-17,20-37,39,41-47H2,1-3H3,(H,77,84)(H,78,86)/b19-18-,40-38+/t49-,50+,51?,52?,53?,54?,55?,57?,58-,59+,60-,61-,62-,63+,64?,65?,66?,67?,68+,69+,70-,71-,72-,73+,74-,75-,76-/m0/s1. The number of amides is 2. The average molecular weight is 1530 g/mol. The van der Waals surface area contributed by atoms with Crippen molar-refractivity contribution in [3.05, 3.63) is 24.3 Å². The summed E-state index contributed by atoms with van der Waals surface area (Å²) in [4.78, 5) is 26.5. The highest BCUT2D eigenvalue weighted by Crippen LogP contribution is 2.37. The monoisotopic (exact) mass is 1530 g/mol. The van der Waals surface area contributed by atoms with Crippen LogP contribution >= 0.6 is 0 Å². The normalized spacial score (nSPS) is 34.4. The summed E-state index contributed by atoms with van der Waals surface area (Å²) in [6.45, 7) is 0.301. The molecule has 30 nitrogen and oxygen atoms in total. The van der Waals surface area contributed by atoms with Gasteiger partial charge in [0.15, 0.2) is 31.5 Å². The Hall–Kier alpha value is -2.62. The lowest BCUT2D eigenvalue weighted by Gasteiger charge is -2.50. The van der Waals surface area contributed by atoms with Gasteiger partial charge in [0.05, 0.1) is 51.8 Å². The van der Waals surface area contributed by atoms with E-state index < -0.39 is 211 Å². The number of carbonyl (C=O) groups is 2. The number of unbranched alkanes of at least 4 members (excludes halogenated alkanes) is 30. The van der Waals surface area contributed by atoms with Crippen LogP contribution in [0, 0.1) is 0 Å².